The molecule has 3 fully saturated rings. The highest BCUT2D eigenvalue weighted by molar-refractivity contribution is 7.10. The normalized spacial score (nSPS) is 25.8. The van der Waals surface area contributed by atoms with Gasteiger partial charge in [-0.05, 0) is 42.2 Å². The maximum Gasteiger partial charge on any atom is 0.234 e. The number of rotatable bonds is 4. The van der Waals surface area contributed by atoms with E-state index in [-0.39, 0.29) is 23.1 Å². The SMILES string of the molecule is O=C([C@H]1C[C@@H]1c1ccccc1)N1CCN(C(=O)C2(c3cccs3)CCCC2)CC1. The fraction of sp³-hybridized carbons (Fsp3) is 0.500. The van der Waals surface area contributed by atoms with Gasteiger partial charge < -0.3 is 9.80 Å². The van der Waals surface area contributed by atoms with Crippen LogP contribution in [0.4, 0.5) is 0 Å². The Morgan fingerprint density at radius 2 is 1.59 bits per heavy atom. The highest BCUT2D eigenvalue weighted by Crippen LogP contribution is 2.48. The van der Waals surface area contributed by atoms with Crippen LogP contribution in [-0.4, -0.2) is 47.8 Å². The van der Waals surface area contributed by atoms with Crippen molar-refractivity contribution in [2.45, 2.75) is 43.4 Å². The van der Waals surface area contributed by atoms with Crippen LogP contribution >= 0.6 is 11.3 Å². The number of carbonyl (C=O) groups excluding carboxylic acids is 2. The zero-order valence-electron chi connectivity index (χ0n) is 16.8. The third-order valence-electron chi connectivity index (χ3n) is 7.07. The molecule has 2 aromatic rings. The van der Waals surface area contributed by atoms with Crippen molar-refractivity contribution in [1.82, 2.24) is 9.80 Å². The number of nitrogens with zero attached hydrogens (tertiary/aromatic N) is 2. The average molecular weight is 409 g/mol. The van der Waals surface area contributed by atoms with Crippen molar-refractivity contribution in [3.8, 4) is 0 Å². The fourth-order valence-electron chi connectivity index (χ4n) is 5.30. The van der Waals surface area contributed by atoms with Crippen LogP contribution in [0.1, 0.15) is 48.5 Å². The first kappa shape index (κ1) is 18.9. The van der Waals surface area contributed by atoms with Gasteiger partial charge in [-0.2, -0.15) is 0 Å². The highest BCUT2D eigenvalue weighted by atomic mass is 32.1. The summed E-state index contributed by atoms with van der Waals surface area (Å²) in [5.41, 5.74) is 0.966. The van der Waals surface area contributed by atoms with Gasteiger partial charge in [0.25, 0.3) is 0 Å². The minimum Gasteiger partial charge on any atom is -0.339 e. The lowest BCUT2D eigenvalue weighted by molar-refractivity contribution is -0.143. The molecule has 2 amide bonds. The summed E-state index contributed by atoms with van der Waals surface area (Å²) in [6, 6.07) is 14.6. The summed E-state index contributed by atoms with van der Waals surface area (Å²) in [4.78, 5) is 31.7. The van der Waals surface area contributed by atoms with E-state index in [0.29, 0.717) is 32.1 Å². The summed E-state index contributed by atoms with van der Waals surface area (Å²) in [5, 5.41) is 2.08. The first-order chi connectivity index (χ1) is 14.2. The zero-order valence-corrected chi connectivity index (χ0v) is 17.6. The Morgan fingerprint density at radius 3 is 2.24 bits per heavy atom. The minimum atomic E-state index is -0.310. The van der Waals surface area contributed by atoms with Gasteiger partial charge in [0.15, 0.2) is 0 Å². The molecule has 152 valence electrons. The second-order valence-electron chi connectivity index (χ2n) is 8.74. The Labute approximate surface area is 176 Å². The fourth-order valence-corrected chi connectivity index (χ4v) is 6.28. The van der Waals surface area contributed by atoms with E-state index < -0.39 is 0 Å². The van der Waals surface area contributed by atoms with Crippen LogP contribution in [0.2, 0.25) is 0 Å². The molecular formula is C24H28N2O2S. The molecule has 5 rings (SSSR count). The van der Waals surface area contributed by atoms with Crippen molar-refractivity contribution in [2.24, 2.45) is 5.92 Å². The summed E-state index contributed by atoms with van der Waals surface area (Å²) in [5.74, 6) is 1.08. The Morgan fingerprint density at radius 1 is 0.897 bits per heavy atom. The Hall–Kier alpha value is -2.14. The lowest BCUT2D eigenvalue weighted by atomic mass is 9.82. The van der Waals surface area contributed by atoms with Gasteiger partial charge >= 0.3 is 0 Å². The van der Waals surface area contributed by atoms with Gasteiger partial charge in [0.2, 0.25) is 11.8 Å². The van der Waals surface area contributed by atoms with E-state index in [0.717, 1.165) is 32.1 Å². The van der Waals surface area contributed by atoms with Crippen LogP contribution < -0.4 is 0 Å². The summed E-state index contributed by atoms with van der Waals surface area (Å²) in [6.07, 6.45) is 5.15. The van der Waals surface area contributed by atoms with Gasteiger partial charge in [-0.15, -0.1) is 11.3 Å². The average Bonchev–Trinajstić information content (AvgIpc) is 3.15. The molecule has 1 aromatic heterocycles. The molecule has 1 aromatic carbocycles. The van der Waals surface area contributed by atoms with Gasteiger partial charge in [-0.3, -0.25) is 9.59 Å². The summed E-state index contributed by atoms with van der Waals surface area (Å²) < 4.78 is 0. The Balaban J connectivity index is 1.21. The van der Waals surface area contributed by atoms with Crippen LogP contribution in [0, 0.1) is 5.92 Å². The van der Waals surface area contributed by atoms with Crippen molar-refractivity contribution in [1.29, 1.82) is 0 Å². The van der Waals surface area contributed by atoms with Crippen LogP contribution in [0.3, 0.4) is 0 Å². The van der Waals surface area contributed by atoms with Crippen LogP contribution in [0.25, 0.3) is 0 Å². The maximum atomic E-state index is 13.5. The Kier molecular flexibility index (Phi) is 4.94. The molecule has 0 radical (unpaired) electrons. The summed E-state index contributed by atoms with van der Waals surface area (Å²) in [6.45, 7) is 2.67. The van der Waals surface area contributed by atoms with E-state index in [2.05, 4.69) is 29.6 Å². The molecule has 1 saturated heterocycles. The Bertz CT molecular complexity index is 866. The summed E-state index contributed by atoms with van der Waals surface area (Å²) >= 11 is 1.72. The quantitative estimate of drug-likeness (QED) is 0.766. The second kappa shape index (κ2) is 7.60. The summed E-state index contributed by atoms with van der Waals surface area (Å²) in [7, 11) is 0. The van der Waals surface area contributed by atoms with Gasteiger partial charge in [-0.1, -0.05) is 49.2 Å². The standard InChI is InChI=1S/C24H28N2O2S/c27-22(20-17-19(20)18-7-2-1-3-8-18)25-12-14-26(15-13-25)23(28)24(10-4-5-11-24)21-9-6-16-29-21/h1-3,6-9,16,19-20H,4-5,10-15,17H2/t19-,20+/m1/s1. The maximum absolute atomic E-state index is 13.5. The zero-order chi connectivity index (χ0) is 19.8. The molecule has 5 heteroatoms. The van der Waals surface area contributed by atoms with Gasteiger partial charge in [0.1, 0.15) is 0 Å². The first-order valence-electron chi connectivity index (χ1n) is 10.9. The molecular weight excluding hydrogens is 380 g/mol. The first-order valence-corrected chi connectivity index (χ1v) is 11.7. The van der Waals surface area contributed by atoms with Crippen LogP contribution in [-0.2, 0) is 15.0 Å². The highest BCUT2D eigenvalue weighted by Gasteiger charge is 2.48. The van der Waals surface area contributed by atoms with E-state index in [9.17, 15) is 9.59 Å². The minimum absolute atomic E-state index is 0.131. The van der Waals surface area contributed by atoms with Crippen molar-refractivity contribution in [3.63, 3.8) is 0 Å². The largest absolute Gasteiger partial charge is 0.339 e. The van der Waals surface area contributed by atoms with Crippen molar-refractivity contribution < 1.29 is 9.59 Å². The molecule has 2 saturated carbocycles. The monoisotopic (exact) mass is 408 g/mol. The van der Waals surface area contributed by atoms with E-state index in [4.69, 9.17) is 0 Å². The van der Waals surface area contributed by atoms with Crippen molar-refractivity contribution in [3.05, 3.63) is 58.3 Å². The molecule has 2 aliphatic carbocycles. The van der Waals surface area contributed by atoms with Gasteiger partial charge in [-0.25, -0.2) is 0 Å². The number of amides is 2. The van der Waals surface area contributed by atoms with Crippen LogP contribution in [0.5, 0.6) is 0 Å². The number of hydrogen-bond donors (Lipinski definition) is 0. The van der Waals surface area contributed by atoms with Crippen molar-refractivity contribution >= 4 is 23.2 Å². The number of piperazine rings is 1. The molecule has 0 bridgehead atoms. The lowest BCUT2D eigenvalue weighted by Crippen LogP contribution is -2.55. The predicted octanol–water partition coefficient (Wildman–Crippen LogP) is 4.03. The smallest absolute Gasteiger partial charge is 0.234 e. The number of thiophene rings is 1. The molecule has 29 heavy (non-hydrogen) atoms. The molecule has 2 atom stereocenters. The van der Waals surface area contributed by atoms with Gasteiger partial charge in [0.05, 0.1) is 5.41 Å². The predicted molar refractivity (Wildman–Crippen MR) is 115 cm³/mol. The van der Waals surface area contributed by atoms with E-state index >= 15 is 0 Å². The third kappa shape index (κ3) is 3.39. The molecule has 4 nitrogen and oxygen atoms in total. The molecule has 1 aliphatic heterocycles. The lowest BCUT2D eigenvalue weighted by Gasteiger charge is -2.39. The van der Waals surface area contributed by atoms with Gasteiger partial charge in [0, 0.05) is 37.0 Å². The topological polar surface area (TPSA) is 40.6 Å². The van der Waals surface area contributed by atoms with E-state index in [1.54, 1.807) is 11.3 Å². The van der Waals surface area contributed by atoms with Crippen LogP contribution in [0.15, 0.2) is 47.8 Å². The molecule has 0 N–H and O–H groups in total. The number of hydrogen-bond acceptors (Lipinski definition) is 3. The molecule has 3 aliphatic rings. The van der Waals surface area contributed by atoms with Crippen molar-refractivity contribution in [2.75, 3.05) is 26.2 Å². The number of benzene rings is 1. The molecule has 0 unspecified atom stereocenters. The molecule has 0 spiro atoms. The van der Waals surface area contributed by atoms with E-state index in [1.807, 2.05) is 28.0 Å². The molecule has 2 heterocycles. The number of carbonyl (C=O) groups is 2. The van der Waals surface area contributed by atoms with E-state index in [1.165, 1.54) is 10.4 Å². The second-order valence-corrected chi connectivity index (χ2v) is 9.69. The third-order valence-corrected chi connectivity index (χ3v) is 8.15.